The smallest absolute Gasteiger partial charge is 0.126 e. The van der Waals surface area contributed by atoms with Crippen LogP contribution in [0.4, 0.5) is 0 Å². The molecule has 1 saturated heterocycles. The van der Waals surface area contributed by atoms with Crippen LogP contribution in [-0.4, -0.2) is 25.3 Å². The number of piperidine rings is 1. The second-order valence-corrected chi connectivity index (χ2v) is 4.37. The summed E-state index contributed by atoms with van der Waals surface area (Å²) >= 11 is 0. The van der Waals surface area contributed by atoms with E-state index in [1.54, 1.807) is 7.11 Å². The van der Waals surface area contributed by atoms with E-state index < -0.39 is 0 Å². The van der Waals surface area contributed by atoms with Crippen molar-refractivity contribution in [2.24, 2.45) is 0 Å². The van der Waals surface area contributed by atoms with Gasteiger partial charge in [0.15, 0.2) is 0 Å². The van der Waals surface area contributed by atoms with Crippen LogP contribution >= 0.6 is 0 Å². The van der Waals surface area contributed by atoms with Crippen molar-refractivity contribution in [1.29, 1.82) is 0 Å². The molecule has 1 aliphatic rings. The van der Waals surface area contributed by atoms with Crippen molar-refractivity contribution < 1.29 is 9.84 Å². The zero-order chi connectivity index (χ0) is 11.5. The Bertz CT molecular complexity index is 370. The number of hydrogen-bond donors (Lipinski definition) is 2. The van der Waals surface area contributed by atoms with Crippen molar-refractivity contribution in [2.45, 2.75) is 25.7 Å². The lowest BCUT2D eigenvalue weighted by molar-refractivity contribution is 0.375. The molecule has 1 aromatic rings. The van der Waals surface area contributed by atoms with Crippen molar-refractivity contribution in [3.63, 3.8) is 0 Å². The maximum Gasteiger partial charge on any atom is 0.126 e. The van der Waals surface area contributed by atoms with E-state index >= 15 is 0 Å². The van der Waals surface area contributed by atoms with Crippen LogP contribution < -0.4 is 10.1 Å². The molecule has 3 nitrogen and oxygen atoms in total. The molecule has 0 unspecified atom stereocenters. The highest BCUT2D eigenvalue weighted by Crippen LogP contribution is 2.40. The Morgan fingerprint density at radius 1 is 1.31 bits per heavy atom. The van der Waals surface area contributed by atoms with E-state index in [2.05, 4.69) is 5.32 Å². The largest absolute Gasteiger partial charge is 0.507 e. The first-order valence-corrected chi connectivity index (χ1v) is 5.81. The third-order valence-electron chi connectivity index (χ3n) is 3.35. The van der Waals surface area contributed by atoms with E-state index in [1.165, 1.54) is 0 Å². The number of methoxy groups -OCH3 is 1. The van der Waals surface area contributed by atoms with Crippen molar-refractivity contribution in [3.05, 3.63) is 23.3 Å². The van der Waals surface area contributed by atoms with Gasteiger partial charge in [-0.3, -0.25) is 0 Å². The molecule has 3 heteroatoms. The summed E-state index contributed by atoms with van der Waals surface area (Å²) in [5.74, 6) is 1.64. The van der Waals surface area contributed by atoms with Crippen molar-refractivity contribution >= 4 is 0 Å². The van der Waals surface area contributed by atoms with Crippen LogP contribution in [0.3, 0.4) is 0 Å². The maximum absolute atomic E-state index is 10.2. The SMILES string of the molecule is COc1ccc(C)c(O)c1C1CCNCC1. The van der Waals surface area contributed by atoms with Gasteiger partial charge >= 0.3 is 0 Å². The molecule has 0 aliphatic carbocycles. The van der Waals surface area contributed by atoms with Gasteiger partial charge in [-0.1, -0.05) is 6.07 Å². The number of phenols is 1. The predicted octanol–water partition coefficient (Wildman–Crippen LogP) is 2.18. The zero-order valence-electron chi connectivity index (χ0n) is 9.92. The summed E-state index contributed by atoms with van der Waals surface area (Å²) < 4.78 is 5.35. The average Bonchev–Trinajstić information content (AvgIpc) is 2.33. The van der Waals surface area contributed by atoms with E-state index in [1.807, 2.05) is 19.1 Å². The fourth-order valence-electron chi connectivity index (χ4n) is 2.38. The van der Waals surface area contributed by atoms with E-state index in [4.69, 9.17) is 4.74 Å². The average molecular weight is 221 g/mol. The highest BCUT2D eigenvalue weighted by Gasteiger charge is 2.23. The fourth-order valence-corrected chi connectivity index (χ4v) is 2.38. The third-order valence-corrected chi connectivity index (χ3v) is 3.35. The van der Waals surface area contributed by atoms with E-state index in [9.17, 15) is 5.11 Å². The number of nitrogens with one attached hydrogen (secondary N) is 1. The molecule has 0 radical (unpaired) electrons. The second-order valence-electron chi connectivity index (χ2n) is 4.37. The van der Waals surface area contributed by atoms with Gasteiger partial charge in [0.25, 0.3) is 0 Å². The lowest BCUT2D eigenvalue weighted by Crippen LogP contribution is -2.26. The summed E-state index contributed by atoms with van der Waals surface area (Å²) in [4.78, 5) is 0. The van der Waals surface area contributed by atoms with Gasteiger partial charge in [-0.15, -0.1) is 0 Å². The Morgan fingerprint density at radius 3 is 2.62 bits per heavy atom. The summed E-state index contributed by atoms with van der Waals surface area (Å²) in [5.41, 5.74) is 1.92. The van der Waals surface area contributed by atoms with E-state index in [0.29, 0.717) is 11.7 Å². The molecule has 0 spiro atoms. The van der Waals surface area contributed by atoms with Crippen LogP contribution in [0.15, 0.2) is 12.1 Å². The molecule has 0 atom stereocenters. The number of aromatic hydroxyl groups is 1. The molecular formula is C13H19NO2. The minimum atomic E-state index is 0.409. The highest BCUT2D eigenvalue weighted by atomic mass is 16.5. The van der Waals surface area contributed by atoms with Crippen LogP contribution in [0.5, 0.6) is 11.5 Å². The number of rotatable bonds is 2. The van der Waals surface area contributed by atoms with Crippen molar-refractivity contribution in [2.75, 3.05) is 20.2 Å². The number of benzene rings is 1. The number of aryl methyl sites for hydroxylation is 1. The van der Waals surface area contributed by atoms with Gasteiger partial charge in [0.05, 0.1) is 7.11 Å². The lowest BCUT2D eigenvalue weighted by Gasteiger charge is -2.25. The minimum absolute atomic E-state index is 0.409. The Balaban J connectivity index is 2.39. The quantitative estimate of drug-likeness (QED) is 0.804. The number of phenolic OH excluding ortho intramolecular Hbond substituents is 1. The Hall–Kier alpha value is -1.22. The van der Waals surface area contributed by atoms with Crippen molar-refractivity contribution in [1.82, 2.24) is 5.32 Å². The van der Waals surface area contributed by atoms with Crippen molar-refractivity contribution in [3.8, 4) is 11.5 Å². The third kappa shape index (κ3) is 2.00. The Labute approximate surface area is 96.4 Å². The lowest BCUT2D eigenvalue weighted by atomic mass is 9.88. The highest BCUT2D eigenvalue weighted by molar-refractivity contribution is 5.51. The molecule has 1 fully saturated rings. The van der Waals surface area contributed by atoms with Gasteiger partial charge in [0, 0.05) is 5.56 Å². The molecule has 16 heavy (non-hydrogen) atoms. The van der Waals surface area contributed by atoms with Crippen LogP contribution in [0.1, 0.15) is 29.9 Å². The van der Waals surface area contributed by atoms with Gasteiger partial charge in [-0.05, 0) is 50.4 Å². The van der Waals surface area contributed by atoms with E-state index in [0.717, 1.165) is 42.8 Å². The molecule has 2 rings (SSSR count). The first kappa shape index (κ1) is 11.3. The number of ether oxygens (including phenoxy) is 1. The molecule has 0 amide bonds. The number of hydrogen-bond acceptors (Lipinski definition) is 3. The van der Waals surface area contributed by atoms with Crippen LogP contribution in [0, 0.1) is 6.92 Å². The fraction of sp³-hybridized carbons (Fsp3) is 0.538. The Kier molecular flexibility index (Phi) is 3.34. The standard InChI is InChI=1S/C13H19NO2/c1-9-3-4-11(16-2)12(13(9)15)10-5-7-14-8-6-10/h3-4,10,14-15H,5-8H2,1-2H3. The molecule has 88 valence electrons. The normalized spacial score (nSPS) is 17.4. The van der Waals surface area contributed by atoms with Crippen LogP contribution in [-0.2, 0) is 0 Å². The zero-order valence-corrected chi connectivity index (χ0v) is 9.92. The van der Waals surface area contributed by atoms with Gasteiger partial charge in [0.1, 0.15) is 11.5 Å². The molecule has 2 N–H and O–H groups in total. The molecule has 0 aromatic heterocycles. The summed E-state index contributed by atoms with van der Waals surface area (Å²) in [7, 11) is 1.66. The Morgan fingerprint density at radius 2 is 2.00 bits per heavy atom. The van der Waals surface area contributed by atoms with Crippen LogP contribution in [0.2, 0.25) is 0 Å². The first-order chi connectivity index (χ1) is 7.74. The summed E-state index contributed by atoms with van der Waals surface area (Å²) in [5, 5.41) is 13.5. The van der Waals surface area contributed by atoms with E-state index in [-0.39, 0.29) is 0 Å². The second kappa shape index (κ2) is 4.74. The maximum atomic E-state index is 10.2. The summed E-state index contributed by atoms with van der Waals surface area (Å²) in [6, 6.07) is 3.85. The predicted molar refractivity (Wildman–Crippen MR) is 64.2 cm³/mol. The first-order valence-electron chi connectivity index (χ1n) is 5.81. The van der Waals surface area contributed by atoms with Gasteiger partial charge in [0.2, 0.25) is 0 Å². The van der Waals surface area contributed by atoms with Gasteiger partial charge < -0.3 is 15.2 Å². The molecule has 1 aromatic carbocycles. The summed E-state index contributed by atoms with van der Waals surface area (Å²) in [6.45, 7) is 3.96. The van der Waals surface area contributed by atoms with Crippen LogP contribution in [0.25, 0.3) is 0 Å². The molecule has 1 heterocycles. The monoisotopic (exact) mass is 221 g/mol. The molecular weight excluding hydrogens is 202 g/mol. The van der Waals surface area contributed by atoms with Gasteiger partial charge in [-0.25, -0.2) is 0 Å². The topological polar surface area (TPSA) is 41.5 Å². The molecule has 0 bridgehead atoms. The van der Waals surface area contributed by atoms with Gasteiger partial charge in [-0.2, -0.15) is 0 Å². The summed E-state index contributed by atoms with van der Waals surface area (Å²) in [6.07, 6.45) is 2.13. The molecule has 0 saturated carbocycles. The molecule has 1 aliphatic heterocycles. The minimum Gasteiger partial charge on any atom is -0.507 e.